The first kappa shape index (κ1) is 17.0. The van der Waals surface area contributed by atoms with Gasteiger partial charge in [-0.15, -0.1) is 0 Å². The molecule has 0 aromatic heterocycles. The van der Waals surface area contributed by atoms with Gasteiger partial charge in [-0.3, -0.25) is 0 Å². The zero-order chi connectivity index (χ0) is 15.7. The van der Waals surface area contributed by atoms with Gasteiger partial charge in [0.1, 0.15) is 10.7 Å². The highest BCUT2D eigenvalue weighted by molar-refractivity contribution is 7.89. The molecule has 0 aliphatic rings. The third kappa shape index (κ3) is 3.35. The van der Waals surface area contributed by atoms with Gasteiger partial charge in [-0.05, 0) is 31.5 Å². The largest absolute Gasteiger partial charge is 0.245 e. The molecule has 2 N–H and O–H groups in total. The van der Waals surface area contributed by atoms with Gasteiger partial charge in [0.05, 0.1) is 4.90 Å². The standard InChI is InChI=1S/C11H17FN2O4S2/c1-4-8(2)14(3)20(17,18)11-6-5-9(7-10(11)12)19(13,15)16/h5-8H,4H2,1-3H3,(H2,13,15,16). The molecule has 20 heavy (non-hydrogen) atoms. The number of hydrogen-bond acceptors (Lipinski definition) is 4. The summed E-state index contributed by atoms with van der Waals surface area (Å²) in [6.07, 6.45) is 0.562. The fourth-order valence-electron chi connectivity index (χ4n) is 1.52. The first-order valence-corrected chi connectivity index (χ1v) is 8.80. The first-order valence-electron chi connectivity index (χ1n) is 5.82. The van der Waals surface area contributed by atoms with Crippen LogP contribution in [-0.2, 0) is 20.0 Å². The third-order valence-electron chi connectivity index (χ3n) is 3.10. The maximum Gasteiger partial charge on any atom is 0.245 e. The molecule has 1 rings (SSSR count). The summed E-state index contributed by atoms with van der Waals surface area (Å²) in [6.45, 7) is 3.49. The van der Waals surface area contributed by atoms with Gasteiger partial charge in [-0.25, -0.2) is 26.4 Å². The minimum Gasteiger partial charge on any atom is -0.225 e. The van der Waals surface area contributed by atoms with E-state index in [9.17, 15) is 21.2 Å². The van der Waals surface area contributed by atoms with Crippen LogP contribution in [0.25, 0.3) is 0 Å². The van der Waals surface area contributed by atoms with E-state index in [0.717, 1.165) is 16.4 Å². The smallest absolute Gasteiger partial charge is 0.225 e. The highest BCUT2D eigenvalue weighted by Crippen LogP contribution is 2.23. The fourth-order valence-corrected chi connectivity index (χ4v) is 3.52. The average molecular weight is 324 g/mol. The number of halogens is 1. The van der Waals surface area contributed by atoms with Gasteiger partial charge in [0.25, 0.3) is 0 Å². The zero-order valence-electron chi connectivity index (χ0n) is 11.4. The molecular formula is C11H17FN2O4S2. The Balaban J connectivity index is 3.35. The Kier molecular flexibility index (Phi) is 4.90. The van der Waals surface area contributed by atoms with Crippen LogP contribution in [0.2, 0.25) is 0 Å². The Labute approximate surface area is 118 Å². The van der Waals surface area contributed by atoms with Gasteiger partial charge in [0, 0.05) is 13.1 Å². The second kappa shape index (κ2) is 5.76. The van der Waals surface area contributed by atoms with Crippen molar-refractivity contribution in [2.24, 2.45) is 5.14 Å². The van der Waals surface area contributed by atoms with Gasteiger partial charge < -0.3 is 0 Å². The topological polar surface area (TPSA) is 97.5 Å². The lowest BCUT2D eigenvalue weighted by Crippen LogP contribution is -2.35. The van der Waals surface area contributed by atoms with Gasteiger partial charge in [-0.2, -0.15) is 4.31 Å². The molecule has 0 saturated carbocycles. The molecule has 0 fully saturated rings. The summed E-state index contributed by atoms with van der Waals surface area (Å²) in [7, 11) is -6.75. The van der Waals surface area contributed by atoms with Crippen molar-refractivity contribution in [3.8, 4) is 0 Å². The number of rotatable bonds is 5. The number of hydrogen-bond donors (Lipinski definition) is 1. The summed E-state index contributed by atoms with van der Waals surface area (Å²) in [5.74, 6) is -1.15. The monoisotopic (exact) mass is 324 g/mol. The summed E-state index contributed by atoms with van der Waals surface area (Å²) >= 11 is 0. The summed E-state index contributed by atoms with van der Waals surface area (Å²) in [6, 6.07) is 2.17. The minimum absolute atomic E-state index is 0.308. The Morgan fingerprint density at radius 1 is 1.30 bits per heavy atom. The Bertz CT molecular complexity index is 701. The normalized spacial score (nSPS) is 14.5. The van der Waals surface area contributed by atoms with Crippen LogP contribution < -0.4 is 5.14 Å². The fraction of sp³-hybridized carbons (Fsp3) is 0.455. The molecule has 0 bridgehead atoms. The molecule has 0 radical (unpaired) electrons. The molecule has 0 spiro atoms. The molecule has 9 heteroatoms. The summed E-state index contributed by atoms with van der Waals surface area (Å²) in [5.41, 5.74) is 0. The van der Waals surface area contributed by atoms with E-state index in [1.165, 1.54) is 7.05 Å². The summed E-state index contributed by atoms with van der Waals surface area (Å²) < 4.78 is 61.5. The SMILES string of the molecule is CCC(C)N(C)S(=O)(=O)c1ccc(S(N)(=O)=O)cc1F. The lowest BCUT2D eigenvalue weighted by atomic mass is 10.3. The quantitative estimate of drug-likeness (QED) is 0.870. The predicted molar refractivity (Wildman–Crippen MR) is 72.5 cm³/mol. The van der Waals surface area contributed by atoms with E-state index in [4.69, 9.17) is 5.14 Å². The van der Waals surface area contributed by atoms with E-state index in [1.807, 2.05) is 0 Å². The third-order valence-corrected chi connectivity index (χ3v) is 6.02. The van der Waals surface area contributed by atoms with E-state index in [-0.39, 0.29) is 6.04 Å². The number of sulfonamides is 2. The maximum absolute atomic E-state index is 13.9. The van der Waals surface area contributed by atoms with E-state index < -0.39 is 35.7 Å². The van der Waals surface area contributed by atoms with Crippen molar-refractivity contribution in [3.05, 3.63) is 24.0 Å². The number of nitrogens with zero attached hydrogens (tertiary/aromatic N) is 1. The first-order chi connectivity index (χ1) is 9.01. The zero-order valence-corrected chi connectivity index (χ0v) is 13.0. The molecular weight excluding hydrogens is 307 g/mol. The van der Waals surface area contributed by atoms with Gasteiger partial charge in [0.15, 0.2) is 0 Å². The molecule has 0 amide bonds. The van der Waals surface area contributed by atoms with Crippen LogP contribution in [0.5, 0.6) is 0 Å². The number of nitrogens with two attached hydrogens (primary N) is 1. The molecule has 1 unspecified atom stereocenters. The maximum atomic E-state index is 13.9. The van der Waals surface area contributed by atoms with Crippen LogP contribution >= 0.6 is 0 Å². The summed E-state index contributed by atoms with van der Waals surface area (Å²) in [5, 5.41) is 4.86. The van der Waals surface area contributed by atoms with Crippen LogP contribution in [-0.4, -0.2) is 34.2 Å². The number of primary sulfonamides is 1. The minimum atomic E-state index is -4.08. The van der Waals surface area contributed by atoms with Crippen LogP contribution in [0.15, 0.2) is 28.0 Å². The second-order valence-corrected chi connectivity index (χ2v) is 7.94. The molecule has 114 valence electrons. The van der Waals surface area contributed by atoms with Crippen molar-refractivity contribution in [1.29, 1.82) is 0 Å². The van der Waals surface area contributed by atoms with Gasteiger partial charge in [-0.1, -0.05) is 6.92 Å². The molecule has 0 aliphatic heterocycles. The van der Waals surface area contributed by atoms with Gasteiger partial charge >= 0.3 is 0 Å². The van der Waals surface area contributed by atoms with Crippen LogP contribution in [0.3, 0.4) is 0 Å². The predicted octanol–water partition coefficient (Wildman–Crippen LogP) is 0.892. The van der Waals surface area contributed by atoms with Crippen molar-refractivity contribution in [2.75, 3.05) is 7.05 Å². The summed E-state index contributed by atoms with van der Waals surface area (Å²) in [4.78, 5) is -1.05. The second-order valence-electron chi connectivity index (χ2n) is 4.42. The van der Waals surface area contributed by atoms with Crippen molar-refractivity contribution in [2.45, 2.75) is 36.1 Å². The highest BCUT2D eigenvalue weighted by Gasteiger charge is 2.28. The van der Waals surface area contributed by atoms with Gasteiger partial charge in [0.2, 0.25) is 20.0 Å². The molecule has 6 nitrogen and oxygen atoms in total. The highest BCUT2D eigenvalue weighted by atomic mass is 32.2. The van der Waals surface area contributed by atoms with E-state index in [2.05, 4.69) is 0 Å². The van der Waals surface area contributed by atoms with Crippen molar-refractivity contribution >= 4 is 20.0 Å². The Hall–Kier alpha value is -1.03. The lowest BCUT2D eigenvalue weighted by molar-refractivity contribution is 0.378. The van der Waals surface area contributed by atoms with E-state index in [1.54, 1.807) is 13.8 Å². The van der Waals surface area contributed by atoms with E-state index >= 15 is 0 Å². The van der Waals surface area contributed by atoms with Crippen LogP contribution in [0.4, 0.5) is 4.39 Å². The van der Waals surface area contributed by atoms with Crippen LogP contribution in [0, 0.1) is 5.82 Å². The molecule has 1 aromatic carbocycles. The molecule has 1 aromatic rings. The Morgan fingerprint density at radius 3 is 2.25 bits per heavy atom. The van der Waals surface area contributed by atoms with Crippen molar-refractivity contribution in [3.63, 3.8) is 0 Å². The number of benzene rings is 1. The molecule has 0 aliphatic carbocycles. The Morgan fingerprint density at radius 2 is 1.85 bits per heavy atom. The molecule has 0 saturated heterocycles. The van der Waals surface area contributed by atoms with Crippen molar-refractivity contribution < 1.29 is 21.2 Å². The molecule has 1 atom stereocenters. The lowest BCUT2D eigenvalue weighted by Gasteiger charge is -2.23. The van der Waals surface area contributed by atoms with E-state index in [0.29, 0.717) is 12.5 Å². The van der Waals surface area contributed by atoms with Crippen molar-refractivity contribution in [1.82, 2.24) is 4.31 Å². The molecule has 0 heterocycles. The van der Waals surface area contributed by atoms with Crippen LogP contribution in [0.1, 0.15) is 20.3 Å². The average Bonchev–Trinajstić information content (AvgIpc) is 2.35.